The normalized spacial score (nSPS) is 21.5. The molecule has 0 radical (unpaired) electrons. The van der Waals surface area contributed by atoms with Gasteiger partial charge in [0.1, 0.15) is 0 Å². The molecule has 4 nitrogen and oxygen atoms in total. The Morgan fingerprint density at radius 3 is 2.54 bits per heavy atom. The predicted octanol–water partition coefficient (Wildman–Crippen LogP) is 3.30. The van der Waals surface area contributed by atoms with Crippen molar-refractivity contribution in [3.63, 3.8) is 0 Å². The number of ether oxygens (including phenoxy) is 2. The Bertz CT molecular complexity index is 798. The first-order chi connectivity index (χ1) is 11.8. The van der Waals surface area contributed by atoms with Crippen LogP contribution in [0.2, 0.25) is 0 Å². The van der Waals surface area contributed by atoms with Gasteiger partial charge in [-0.15, -0.1) is 0 Å². The van der Waals surface area contributed by atoms with Crippen molar-refractivity contribution in [3.05, 3.63) is 59.2 Å². The molecule has 122 valence electrons. The average molecular weight is 321 g/mol. The van der Waals surface area contributed by atoms with Crippen LogP contribution in [0.5, 0.6) is 11.5 Å². The lowest BCUT2D eigenvalue weighted by atomic mass is 9.87. The van der Waals surface area contributed by atoms with Crippen molar-refractivity contribution >= 4 is 5.91 Å². The Balaban J connectivity index is 1.63. The summed E-state index contributed by atoms with van der Waals surface area (Å²) in [7, 11) is 0. The van der Waals surface area contributed by atoms with Gasteiger partial charge in [-0.3, -0.25) is 4.79 Å². The van der Waals surface area contributed by atoms with Crippen molar-refractivity contribution in [2.45, 2.75) is 25.3 Å². The van der Waals surface area contributed by atoms with Gasteiger partial charge in [-0.2, -0.15) is 0 Å². The second-order valence-corrected chi connectivity index (χ2v) is 6.77. The van der Waals surface area contributed by atoms with E-state index in [0.717, 1.165) is 42.9 Å². The molecule has 3 aliphatic rings. The van der Waals surface area contributed by atoms with Crippen molar-refractivity contribution in [2.75, 3.05) is 13.3 Å². The molecule has 1 saturated carbocycles. The van der Waals surface area contributed by atoms with Gasteiger partial charge in [0.05, 0.1) is 6.04 Å². The Hall–Kier alpha value is -2.49. The average Bonchev–Trinajstić information content (AvgIpc) is 3.38. The number of benzene rings is 2. The van der Waals surface area contributed by atoms with Gasteiger partial charge in [0, 0.05) is 12.5 Å². The highest BCUT2D eigenvalue weighted by molar-refractivity contribution is 5.82. The summed E-state index contributed by atoms with van der Waals surface area (Å²) in [6.45, 7) is 1.04. The lowest BCUT2D eigenvalue weighted by Gasteiger charge is -2.38. The van der Waals surface area contributed by atoms with E-state index >= 15 is 0 Å². The number of hydrogen-bond donors (Lipinski definition) is 0. The number of nitrogens with zero attached hydrogens (tertiary/aromatic N) is 1. The van der Waals surface area contributed by atoms with Gasteiger partial charge in [0.2, 0.25) is 12.7 Å². The molecule has 0 aromatic heterocycles. The largest absolute Gasteiger partial charge is 0.454 e. The maximum absolute atomic E-state index is 12.9. The monoisotopic (exact) mass is 321 g/mol. The van der Waals surface area contributed by atoms with Crippen LogP contribution in [0.15, 0.2) is 42.5 Å². The molecule has 1 fully saturated rings. The lowest BCUT2D eigenvalue weighted by Crippen LogP contribution is -2.41. The molecule has 0 bridgehead atoms. The Labute approximate surface area is 141 Å². The van der Waals surface area contributed by atoms with E-state index in [2.05, 4.69) is 29.2 Å². The summed E-state index contributed by atoms with van der Waals surface area (Å²) >= 11 is 0. The molecule has 24 heavy (non-hydrogen) atoms. The molecule has 0 spiro atoms. The maximum Gasteiger partial charge on any atom is 0.231 e. The number of hydrogen-bond acceptors (Lipinski definition) is 3. The van der Waals surface area contributed by atoms with Crippen molar-refractivity contribution in [1.82, 2.24) is 4.90 Å². The lowest BCUT2D eigenvalue weighted by molar-refractivity contribution is -0.134. The molecule has 1 unspecified atom stereocenters. The first-order valence-corrected chi connectivity index (χ1v) is 8.59. The van der Waals surface area contributed by atoms with Crippen LogP contribution in [0.25, 0.3) is 0 Å². The summed E-state index contributed by atoms with van der Waals surface area (Å²) in [5.74, 6) is 2.14. The zero-order valence-electron chi connectivity index (χ0n) is 13.4. The summed E-state index contributed by atoms with van der Waals surface area (Å²) in [6.07, 6.45) is 2.93. The minimum absolute atomic E-state index is 0.0300. The van der Waals surface area contributed by atoms with Gasteiger partial charge in [-0.25, -0.2) is 0 Å². The van der Waals surface area contributed by atoms with E-state index in [1.807, 2.05) is 18.2 Å². The molecule has 0 N–H and O–H groups in total. The van der Waals surface area contributed by atoms with Crippen LogP contribution < -0.4 is 9.47 Å². The van der Waals surface area contributed by atoms with E-state index in [-0.39, 0.29) is 18.8 Å². The van der Waals surface area contributed by atoms with Gasteiger partial charge in [0.15, 0.2) is 11.5 Å². The number of amides is 1. The van der Waals surface area contributed by atoms with Crippen molar-refractivity contribution in [1.29, 1.82) is 0 Å². The topological polar surface area (TPSA) is 38.8 Å². The third-order valence-corrected chi connectivity index (χ3v) is 5.19. The van der Waals surface area contributed by atoms with Crippen molar-refractivity contribution < 1.29 is 14.3 Å². The van der Waals surface area contributed by atoms with Crippen LogP contribution in [0, 0.1) is 5.92 Å². The van der Waals surface area contributed by atoms with Gasteiger partial charge < -0.3 is 14.4 Å². The minimum Gasteiger partial charge on any atom is -0.454 e. The van der Waals surface area contributed by atoms with Gasteiger partial charge >= 0.3 is 0 Å². The van der Waals surface area contributed by atoms with E-state index < -0.39 is 0 Å². The molecule has 1 amide bonds. The molecule has 4 heteroatoms. The molecule has 2 aromatic carbocycles. The fourth-order valence-electron chi connectivity index (χ4n) is 3.81. The second kappa shape index (κ2) is 5.26. The predicted molar refractivity (Wildman–Crippen MR) is 89.0 cm³/mol. The molecule has 2 aliphatic heterocycles. The van der Waals surface area contributed by atoms with Crippen LogP contribution in [0.1, 0.15) is 35.6 Å². The summed E-state index contributed by atoms with van der Waals surface area (Å²) in [4.78, 5) is 14.9. The second-order valence-electron chi connectivity index (χ2n) is 6.77. The molecular formula is C20H19NO3. The summed E-state index contributed by atoms with van der Waals surface area (Å²) in [6, 6.07) is 14.4. The summed E-state index contributed by atoms with van der Waals surface area (Å²) in [5, 5.41) is 0. The maximum atomic E-state index is 12.9. The van der Waals surface area contributed by atoms with Crippen LogP contribution in [-0.2, 0) is 11.2 Å². The Kier molecular flexibility index (Phi) is 3.05. The molecule has 1 atom stereocenters. The minimum atomic E-state index is -0.0300. The number of carbonyl (C=O) groups is 1. The van der Waals surface area contributed by atoms with E-state index in [4.69, 9.17) is 9.47 Å². The Morgan fingerprint density at radius 2 is 1.79 bits per heavy atom. The quantitative estimate of drug-likeness (QED) is 0.852. The van der Waals surface area contributed by atoms with E-state index in [0.29, 0.717) is 5.91 Å². The van der Waals surface area contributed by atoms with Crippen LogP contribution >= 0.6 is 0 Å². The van der Waals surface area contributed by atoms with E-state index in [9.17, 15) is 4.79 Å². The number of carbonyl (C=O) groups excluding carboxylic acids is 1. The van der Waals surface area contributed by atoms with Crippen LogP contribution in [-0.4, -0.2) is 24.1 Å². The first kappa shape index (κ1) is 13.9. The first-order valence-electron chi connectivity index (χ1n) is 8.59. The molecule has 1 aliphatic carbocycles. The highest BCUT2D eigenvalue weighted by Gasteiger charge is 2.40. The number of fused-ring (bicyclic) bond motifs is 2. The van der Waals surface area contributed by atoms with E-state index in [1.54, 1.807) is 0 Å². The van der Waals surface area contributed by atoms with Crippen molar-refractivity contribution in [3.8, 4) is 11.5 Å². The summed E-state index contributed by atoms with van der Waals surface area (Å²) < 4.78 is 11.1. The smallest absolute Gasteiger partial charge is 0.231 e. The third kappa shape index (κ3) is 2.17. The van der Waals surface area contributed by atoms with Crippen LogP contribution in [0.4, 0.5) is 0 Å². The molecule has 0 saturated heterocycles. The molecule has 5 rings (SSSR count). The summed E-state index contributed by atoms with van der Waals surface area (Å²) in [5.41, 5.74) is 3.59. The fraction of sp³-hybridized carbons (Fsp3) is 0.350. The van der Waals surface area contributed by atoms with Crippen LogP contribution in [0.3, 0.4) is 0 Å². The van der Waals surface area contributed by atoms with Gasteiger partial charge in [-0.1, -0.05) is 30.3 Å². The zero-order chi connectivity index (χ0) is 16.1. The zero-order valence-corrected chi connectivity index (χ0v) is 13.4. The third-order valence-electron chi connectivity index (χ3n) is 5.19. The molecule has 2 aromatic rings. The standard InChI is InChI=1S/C20H19NO3/c22-20(14-6-7-14)21-9-8-15-10-17-18(24-12-23-17)11-16(15)19(21)13-4-2-1-3-5-13/h1-5,10-11,14,19H,6-9,12H2. The highest BCUT2D eigenvalue weighted by atomic mass is 16.7. The van der Waals surface area contributed by atoms with Crippen molar-refractivity contribution in [2.24, 2.45) is 5.92 Å². The fourth-order valence-corrected chi connectivity index (χ4v) is 3.81. The van der Waals surface area contributed by atoms with Gasteiger partial charge in [-0.05, 0) is 48.1 Å². The Morgan fingerprint density at radius 1 is 1.04 bits per heavy atom. The van der Waals surface area contributed by atoms with Gasteiger partial charge in [0.25, 0.3) is 0 Å². The molecule has 2 heterocycles. The molecular weight excluding hydrogens is 302 g/mol. The number of rotatable bonds is 2. The van der Waals surface area contributed by atoms with E-state index in [1.165, 1.54) is 11.1 Å². The SMILES string of the molecule is O=C(C1CC1)N1CCc2cc3c(cc2C1c1ccccc1)OCO3. The highest BCUT2D eigenvalue weighted by Crippen LogP contribution is 2.44.